The van der Waals surface area contributed by atoms with E-state index in [1.165, 1.54) is 0 Å². The van der Waals surface area contributed by atoms with Gasteiger partial charge in [0.2, 0.25) is 0 Å². The molecule has 5 nitrogen and oxygen atoms in total. The lowest BCUT2D eigenvalue weighted by molar-refractivity contribution is 0.00935. The standard InChI is InChI=1S/C14H28N2O3/c1-10(9-14(2,3)19-4)15-13(18)16-11-7-5-6-8-12(11)17/h10-12,17H,5-9H2,1-4H3,(H2,15,16,18)/t10-,11+,12-/m0/s1. The fourth-order valence-corrected chi connectivity index (χ4v) is 2.59. The third kappa shape index (κ3) is 5.78. The number of aliphatic hydroxyl groups excluding tert-OH is 1. The Bertz CT molecular complexity index is 294. The Kier molecular flexibility index (Phi) is 6.07. The Morgan fingerprint density at radius 2 is 2.05 bits per heavy atom. The first-order chi connectivity index (χ1) is 8.84. The highest BCUT2D eigenvalue weighted by Gasteiger charge is 2.26. The minimum Gasteiger partial charge on any atom is -0.391 e. The van der Waals surface area contributed by atoms with Crippen LogP contribution in [0.4, 0.5) is 4.79 Å². The van der Waals surface area contributed by atoms with Crippen LogP contribution in [0.5, 0.6) is 0 Å². The number of hydrogen-bond donors (Lipinski definition) is 3. The second-order valence-corrected chi connectivity index (χ2v) is 6.15. The summed E-state index contributed by atoms with van der Waals surface area (Å²) in [6, 6.07) is -0.294. The van der Waals surface area contributed by atoms with Crippen molar-refractivity contribution in [3.63, 3.8) is 0 Å². The second kappa shape index (κ2) is 7.10. The van der Waals surface area contributed by atoms with Gasteiger partial charge in [-0.05, 0) is 40.0 Å². The Morgan fingerprint density at radius 3 is 2.63 bits per heavy atom. The van der Waals surface area contributed by atoms with E-state index in [1.807, 2.05) is 20.8 Å². The molecule has 0 unspecified atom stereocenters. The number of hydrogen-bond acceptors (Lipinski definition) is 3. The summed E-state index contributed by atoms with van der Waals surface area (Å²) in [5.41, 5.74) is -0.253. The predicted molar refractivity (Wildman–Crippen MR) is 75.1 cm³/mol. The van der Waals surface area contributed by atoms with Gasteiger partial charge in [-0.25, -0.2) is 4.79 Å². The molecule has 19 heavy (non-hydrogen) atoms. The van der Waals surface area contributed by atoms with Crippen molar-refractivity contribution in [2.24, 2.45) is 0 Å². The number of carbonyl (C=O) groups excluding carboxylic acids is 1. The van der Waals surface area contributed by atoms with Gasteiger partial charge < -0.3 is 20.5 Å². The number of aliphatic hydroxyl groups is 1. The molecule has 0 saturated heterocycles. The Hall–Kier alpha value is -0.810. The van der Waals surface area contributed by atoms with E-state index in [4.69, 9.17) is 4.74 Å². The summed E-state index contributed by atoms with van der Waals surface area (Å²) in [5, 5.41) is 15.6. The van der Waals surface area contributed by atoms with Gasteiger partial charge in [0.1, 0.15) is 0 Å². The number of urea groups is 1. The van der Waals surface area contributed by atoms with Crippen LogP contribution < -0.4 is 10.6 Å². The molecule has 3 atom stereocenters. The van der Waals surface area contributed by atoms with Crippen molar-refractivity contribution < 1.29 is 14.6 Å². The fraction of sp³-hybridized carbons (Fsp3) is 0.929. The molecule has 0 radical (unpaired) electrons. The summed E-state index contributed by atoms with van der Waals surface area (Å²) < 4.78 is 5.35. The first kappa shape index (κ1) is 16.2. The molecule has 0 bridgehead atoms. The lowest BCUT2D eigenvalue weighted by Gasteiger charge is -2.30. The molecule has 1 fully saturated rings. The molecule has 2 amide bonds. The predicted octanol–water partition coefficient (Wildman–Crippen LogP) is 1.79. The van der Waals surface area contributed by atoms with E-state index in [9.17, 15) is 9.90 Å². The molecule has 1 rings (SSSR count). The molecule has 0 spiro atoms. The van der Waals surface area contributed by atoms with E-state index < -0.39 is 6.10 Å². The molecule has 3 N–H and O–H groups in total. The summed E-state index contributed by atoms with van der Waals surface area (Å²) in [6.45, 7) is 5.94. The van der Waals surface area contributed by atoms with Gasteiger partial charge in [0, 0.05) is 13.2 Å². The van der Waals surface area contributed by atoms with Crippen molar-refractivity contribution in [2.45, 2.75) is 76.7 Å². The van der Waals surface area contributed by atoms with Crippen LogP contribution >= 0.6 is 0 Å². The van der Waals surface area contributed by atoms with Crippen molar-refractivity contribution in [1.82, 2.24) is 10.6 Å². The van der Waals surface area contributed by atoms with Crippen LogP contribution in [0.25, 0.3) is 0 Å². The van der Waals surface area contributed by atoms with Crippen LogP contribution in [-0.2, 0) is 4.74 Å². The summed E-state index contributed by atoms with van der Waals surface area (Å²) in [7, 11) is 1.67. The molecule has 0 aromatic heterocycles. The maximum Gasteiger partial charge on any atom is 0.315 e. The van der Waals surface area contributed by atoms with Gasteiger partial charge in [-0.1, -0.05) is 12.8 Å². The van der Waals surface area contributed by atoms with E-state index in [0.717, 1.165) is 32.1 Å². The highest BCUT2D eigenvalue weighted by Crippen LogP contribution is 2.18. The van der Waals surface area contributed by atoms with Gasteiger partial charge in [-0.15, -0.1) is 0 Å². The van der Waals surface area contributed by atoms with Gasteiger partial charge in [-0.2, -0.15) is 0 Å². The highest BCUT2D eigenvalue weighted by molar-refractivity contribution is 5.74. The van der Waals surface area contributed by atoms with Crippen LogP contribution in [0, 0.1) is 0 Å². The summed E-state index contributed by atoms with van der Waals surface area (Å²) in [4.78, 5) is 11.9. The highest BCUT2D eigenvalue weighted by atomic mass is 16.5. The summed E-state index contributed by atoms with van der Waals surface area (Å²) in [5.74, 6) is 0. The van der Waals surface area contributed by atoms with Crippen molar-refractivity contribution in [3.8, 4) is 0 Å². The first-order valence-electron chi connectivity index (χ1n) is 7.14. The van der Waals surface area contributed by atoms with E-state index >= 15 is 0 Å². The average Bonchev–Trinajstić information content (AvgIpc) is 2.31. The van der Waals surface area contributed by atoms with Crippen LogP contribution in [0.2, 0.25) is 0 Å². The van der Waals surface area contributed by atoms with E-state index in [0.29, 0.717) is 0 Å². The van der Waals surface area contributed by atoms with Crippen molar-refractivity contribution in [1.29, 1.82) is 0 Å². The SMILES string of the molecule is COC(C)(C)C[C@H](C)NC(=O)N[C@@H]1CCCC[C@@H]1O. The van der Waals surface area contributed by atoms with Crippen LogP contribution in [0.1, 0.15) is 52.9 Å². The molecule has 0 aromatic carbocycles. The van der Waals surface area contributed by atoms with E-state index in [2.05, 4.69) is 10.6 Å². The van der Waals surface area contributed by atoms with Gasteiger partial charge >= 0.3 is 6.03 Å². The van der Waals surface area contributed by atoms with Crippen LogP contribution in [0.15, 0.2) is 0 Å². The van der Waals surface area contributed by atoms with Crippen molar-refractivity contribution in [3.05, 3.63) is 0 Å². The summed E-state index contributed by atoms with van der Waals surface area (Å²) in [6.07, 6.45) is 4.06. The normalized spacial score (nSPS) is 25.7. The van der Waals surface area contributed by atoms with Crippen LogP contribution in [-0.4, -0.2) is 42.0 Å². The quantitative estimate of drug-likeness (QED) is 0.714. The molecule has 0 aliphatic heterocycles. The minimum absolute atomic E-state index is 0.0238. The van der Waals surface area contributed by atoms with Crippen molar-refractivity contribution >= 4 is 6.03 Å². The third-order valence-electron chi connectivity index (χ3n) is 3.77. The maximum absolute atomic E-state index is 11.9. The van der Waals surface area contributed by atoms with Gasteiger partial charge in [-0.3, -0.25) is 0 Å². The van der Waals surface area contributed by atoms with E-state index in [-0.39, 0.29) is 23.7 Å². The molecule has 1 aliphatic rings. The third-order valence-corrected chi connectivity index (χ3v) is 3.77. The number of rotatable bonds is 5. The molecule has 5 heteroatoms. The maximum atomic E-state index is 11.9. The minimum atomic E-state index is -0.412. The number of methoxy groups -OCH3 is 1. The monoisotopic (exact) mass is 272 g/mol. The molecule has 0 heterocycles. The largest absolute Gasteiger partial charge is 0.391 e. The van der Waals surface area contributed by atoms with Gasteiger partial charge in [0.25, 0.3) is 0 Å². The molecular weight excluding hydrogens is 244 g/mol. The van der Waals surface area contributed by atoms with E-state index in [1.54, 1.807) is 7.11 Å². The Labute approximate surface area is 116 Å². The van der Waals surface area contributed by atoms with Crippen LogP contribution in [0.3, 0.4) is 0 Å². The summed E-state index contributed by atoms with van der Waals surface area (Å²) >= 11 is 0. The molecule has 0 aromatic rings. The van der Waals surface area contributed by atoms with Crippen molar-refractivity contribution in [2.75, 3.05) is 7.11 Å². The zero-order chi connectivity index (χ0) is 14.5. The number of ether oxygens (including phenoxy) is 1. The Balaban J connectivity index is 2.34. The molecule has 1 saturated carbocycles. The number of carbonyl (C=O) groups is 1. The Morgan fingerprint density at radius 1 is 1.42 bits per heavy atom. The lowest BCUT2D eigenvalue weighted by Crippen LogP contribution is -2.51. The topological polar surface area (TPSA) is 70.6 Å². The molecular formula is C14H28N2O3. The zero-order valence-electron chi connectivity index (χ0n) is 12.5. The van der Waals surface area contributed by atoms with Gasteiger partial charge in [0.15, 0.2) is 0 Å². The smallest absolute Gasteiger partial charge is 0.315 e. The molecule has 112 valence electrons. The lowest BCUT2D eigenvalue weighted by atomic mass is 9.93. The van der Waals surface area contributed by atoms with Gasteiger partial charge in [0.05, 0.1) is 17.7 Å². The molecule has 1 aliphatic carbocycles. The number of amides is 2. The average molecular weight is 272 g/mol. The second-order valence-electron chi connectivity index (χ2n) is 6.15. The zero-order valence-corrected chi connectivity index (χ0v) is 12.5. The fourth-order valence-electron chi connectivity index (χ4n) is 2.59. The first-order valence-corrected chi connectivity index (χ1v) is 7.14. The number of nitrogens with one attached hydrogen (secondary N) is 2.